The van der Waals surface area contributed by atoms with Crippen LogP contribution in [-0.2, 0) is 0 Å². The monoisotopic (exact) mass is 777 g/mol. The van der Waals surface area contributed by atoms with Crippen molar-refractivity contribution in [1.82, 2.24) is 9.88 Å². The Hall–Kier alpha value is -8.01. The molecule has 0 aliphatic carbocycles. The Labute approximate surface area is 354 Å². The molecule has 286 valence electrons. The summed E-state index contributed by atoms with van der Waals surface area (Å²) in [6, 6.07) is 78.9. The van der Waals surface area contributed by atoms with Crippen LogP contribution in [0.4, 0.5) is 0 Å². The Morgan fingerprint density at radius 3 is 1.75 bits per heavy atom. The van der Waals surface area contributed by atoms with Crippen LogP contribution in [-0.4, -0.2) is 10.4 Å². The molecule has 0 saturated heterocycles. The molecule has 12 rings (SSSR count). The third-order valence-corrected chi connectivity index (χ3v) is 12.4. The minimum Gasteiger partial charge on any atom is -0.359 e. The molecule has 0 fully saturated rings. The van der Waals surface area contributed by atoms with Crippen LogP contribution < -0.4 is 5.32 Å². The molecule has 0 radical (unpaired) electrons. The Bertz CT molecular complexity index is 3560. The fourth-order valence-corrected chi connectivity index (χ4v) is 9.62. The van der Waals surface area contributed by atoms with E-state index in [9.17, 15) is 0 Å². The highest BCUT2D eigenvalue weighted by Crippen LogP contribution is 2.42. The van der Waals surface area contributed by atoms with Crippen LogP contribution in [0.15, 0.2) is 229 Å². The predicted molar refractivity (Wildman–Crippen MR) is 257 cm³/mol. The van der Waals surface area contributed by atoms with Gasteiger partial charge in [0.1, 0.15) is 5.84 Å². The van der Waals surface area contributed by atoms with Crippen LogP contribution in [0.2, 0.25) is 0 Å². The van der Waals surface area contributed by atoms with Crippen molar-refractivity contribution in [2.24, 2.45) is 4.99 Å². The quantitative estimate of drug-likeness (QED) is 0.179. The van der Waals surface area contributed by atoms with Gasteiger partial charge in [0.2, 0.25) is 0 Å². The van der Waals surface area contributed by atoms with Gasteiger partial charge in [-0.25, -0.2) is 4.99 Å². The first kappa shape index (κ1) is 35.0. The number of aliphatic imine (C=N–C) groups is 1. The van der Waals surface area contributed by atoms with E-state index in [0.29, 0.717) is 0 Å². The molecule has 11 aromatic rings. The van der Waals surface area contributed by atoms with Crippen molar-refractivity contribution in [3.05, 3.63) is 241 Å². The van der Waals surface area contributed by atoms with Crippen molar-refractivity contribution in [1.29, 1.82) is 0 Å². The molecule has 2 heterocycles. The number of fused-ring (bicyclic) bond motifs is 7. The highest BCUT2D eigenvalue weighted by atomic mass is 15.0. The molecule has 1 N–H and O–H groups in total. The molecular weight excluding hydrogens is 739 g/mol. The molecular formula is C58H39N3. The van der Waals surface area contributed by atoms with E-state index in [2.05, 4.69) is 234 Å². The predicted octanol–water partition coefficient (Wildman–Crippen LogP) is 14.7. The first-order valence-electron chi connectivity index (χ1n) is 21.0. The first-order chi connectivity index (χ1) is 30.3. The van der Waals surface area contributed by atoms with Gasteiger partial charge in [0.25, 0.3) is 0 Å². The maximum atomic E-state index is 5.41. The average molecular weight is 778 g/mol. The fraction of sp³-hybridized carbons (Fsp3) is 0.0172. The van der Waals surface area contributed by atoms with Crippen molar-refractivity contribution in [3.63, 3.8) is 0 Å². The molecule has 0 saturated carbocycles. The second kappa shape index (κ2) is 14.4. The van der Waals surface area contributed by atoms with E-state index in [1.165, 1.54) is 82.2 Å². The van der Waals surface area contributed by atoms with Crippen molar-refractivity contribution < 1.29 is 0 Å². The molecule has 10 aromatic carbocycles. The van der Waals surface area contributed by atoms with Crippen molar-refractivity contribution in [2.45, 2.75) is 6.04 Å². The summed E-state index contributed by atoms with van der Waals surface area (Å²) in [4.78, 5) is 5.41. The number of para-hydroxylation sites is 1. The number of hydrogen-bond acceptors (Lipinski definition) is 2. The number of amidine groups is 1. The average Bonchev–Trinajstić information content (AvgIpc) is 3.68. The lowest BCUT2D eigenvalue weighted by Gasteiger charge is -2.25. The molecule has 3 heteroatoms. The third kappa shape index (κ3) is 5.85. The zero-order valence-corrected chi connectivity index (χ0v) is 33.3. The minimum absolute atomic E-state index is 0.0576. The second-order valence-electron chi connectivity index (χ2n) is 15.9. The number of hydrogen-bond donors (Lipinski definition) is 1. The Morgan fingerprint density at radius 2 is 0.967 bits per heavy atom. The number of benzene rings is 10. The molecule has 1 aliphatic heterocycles. The molecule has 61 heavy (non-hydrogen) atoms. The molecule has 0 amide bonds. The summed E-state index contributed by atoms with van der Waals surface area (Å²) in [5.41, 5.74) is 12.6. The molecule has 1 aliphatic rings. The van der Waals surface area contributed by atoms with E-state index in [4.69, 9.17) is 4.99 Å². The van der Waals surface area contributed by atoms with Gasteiger partial charge in [-0.3, -0.25) is 0 Å². The SMILES string of the molecule is C1=C(c2cccc(-c3ccccc3)c2)N=C(c2ccc(-c3ccc(-n4c5ccccc5c5c6ccccc6ccc54)c4ccccc34)c3ccccc23)NC1c1ccccc1. The summed E-state index contributed by atoms with van der Waals surface area (Å²) in [5.74, 6) is 0.860. The summed E-state index contributed by atoms with van der Waals surface area (Å²) < 4.78 is 2.46. The highest BCUT2D eigenvalue weighted by Gasteiger charge is 2.23. The Morgan fingerprint density at radius 1 is 0.393 bits per heavy atom. The van der Waals surface area contributed by atoms with Crippen molar-refractivity contribution in [2.75, 3.05) is 0 Å². The van der Waals surface area contributed by atoms with Gasteiger partial charge in [0, 0.05) is 27.3 Å². The third-order valence-electron chi connectivity index (χ3n) is 12.4. The van der Waals surface area contributed by atoms with Crippen LogP contribution in [0.1, 0.15) is 22.7 Å². The van der Waals surface area contributed by atoms with Gasteiger partial charge in [-0.15, -0.1) is 0 Å². The molecule has 1 unspecified atom stereocenters. The van der Waals surface area contributed by atoms with E-state index < -0.39 is 0 Å². The van der Waals surface area contributed by atoms with Gasteiger partial charge in [-0.2, -0.15) is 0 Å². The number of aromatic nitrogens is 1. The smallest absolute Gasteiger partial charge is 0.135 e. The van der Waals surface area contributed by atoms with Crippen molar-refractivity contribution in [3.8, 4) is 27.9 Å². The maximum absolute atomic E-state index is 5.41. The lowest BCUT2D eigenvalue weighted by atomic mass is 9.90. The van der Waals surface area contributed by atoms with E-state index in [1.54, 1.807) is 0 Å². The van der Waals surface area contributed by atoms with Gasteiger partial charge in [0.05, 0.1) is 28.5 Å². The molecule has 1 atom stereocenters. The second-order valence-corrected chi connectivity index (χ2v) is 15.9. The van der Waals surface area contributed by atoms with Crippen LogP contribution >= 0.6 is 0 Å². The molecule has 3 nitrogen and oxygen atoms in total. The first-order valence-corrected chi connectivity index (χ1v) is 21.0. The summed E-state index contributed by atoms with van der Waals surface area (Å²) in [6.45, 7) is 0. The van der Waals surface area contributed by atoms with E-state index in [1.807, 2.05) is 0 Å². The standard InChI is InChI=1S/C58H39N3/c1-3-16-38(17-4-1)41-21-15-22-42(36-41)53-37-52(40-19-5-2-6-20-40)59-58(60-53)50-32-31-47(44-24-9-10-26-46(44)50)48-33-35-55(49-27-12-11-25-45(48)49)61-54-29-14-13-28-51(54)57-43-23-8-7-18-39(43)30-34-56(57)61/h1-37,52H,(H,59,60). The van der Waals surface area contributed by atoms with Gasteiger partial charge in [-0.1, -0.05) is 194 Å². The highest BCUT2D eigenvalue weighted by molar-refractivity contribution is 6.22. The summed E-state index contributed by atoms with van der Waals surface area (Å²) in [7, 11) is 0. The zero-order valence-electron chi connectivity index (χ0n) is 33.3. The number of rotatable bonds is 6. The summed E-state index contributed by atoms with van der Waals surface area (Å²) >= 11 is 0. The Kier molecular flexibility index (Phi) is 8.24. The van der Waals surface area contributed by atoms with Gasteiger partial charge in [-0.05, 0) is 85.1 Å². The molecule has 0 bridgehead atoms. The molecule has 1 aromatic heterocycles. The topological polar surface area (TPSA) is 29.3 Å². The largest absolute Gasteiger partial charge is 0.359 e. The summed E-state index contributed by atoms with van der Waals surface area (Å²) in [6.07, 6.45) is 2.26. The molecule has 0 spiro atoms. The van der Waals surface area contributed by atoms with E-state index >= 15 is 0 Å². The number of nitrogens with one attached hydrogen (secondary N) is 1. The lowest BCUT2D eigenvalue weighted by Crippen LogP contribution is -2.31. The Balaban J connectivity index is 1.01. The van der Waals surface area contributed by atoms with Crippen molar-refractivity contribution >= 4 is 65.7 Å². The van der Waals surface area contributed by atoms with Gasteiger partial charge >= 0.3 is 0 Å². The van der Waals surface area contributed by atoms with E-state index in [-0.39, 0.29) is 6.04 Å². The van der Waals surface area contributed by atoms with Gasteiger partial charge in [0.15, 0.2) is 0 Å². The lowest BCUT2D eigenvalue weighted by molar-refractivity contribution is 0.781. The minimum atomic E-state index is -0.0576. The van der Waals surface area contributed by atoms with Gasteiger partial charge < -0.3 is 9.88 Å². The fourth-order valence-electron chi connectivity index (χ4n) is 9.62. The van der Waals surface area contributed by atoms with Crippen LogP contribution in [0.5, 0.6) is 0 Å². The maximum Gasteiger partial charge on any atom is 0.135 e. The zero-order chi connectivity index (χ0) is 40.3. The van der Waals surface area contributed by atoms with Crippen LogP contribution in [0.25, 0.3) is 87.8 Å². The number of nitrogens with zero attached hydrogens (tertiary/aromatic N) is 2. The normalized spacial score (nSPS) is 14.1. The van der Waals surface area contributed by atoms with Crippen LogP contribution in [0, 0.1) is 0 Å². The van der Waals surface area contributed by atoms with Crippen LogP contribution in [0.3, 0.4) is 0 Å². The summed E-state index contributed by atoms with van der Waals surface area (Å²) in [5, 5.41) is 13.7. The van der Waals surface area contributed by atoms with E-state index in [0.717, 1.165) is 28.0 Å².